The number of carbonyl (C=O) groups excluding carboxylic acids is 1. The van der Waals surface area contributed by atoms with E-state index in [0.29, 0.717) is 0 Å². The SMILES string of the molecule is C=C=CC1(N)CC1C=O. The monoisotopic (exact) mass is 123 g/mol. The summed E-state index contributed by atoms with van der Waals surface area (Å²) in [4.78, 5) is 10.1. The third-order valence-electron chi connectivity index (χ3n) is 1.64. The first-order valence-corrected chi connectivity index (χ1v) is 2.84. The van der Waals surface area contributed by atoms with Crippen LogP contribution in [0.25, 0.3) is 0 Å². The van der Waals surface area contributed by atoms with Gasteiger partial charge in [0.2, 0.25) is 0 Å². The van der Waals surface area contributed by atoms with Crippen LogP contribution in [0.15, 0.2) is 18.4 Å². The maximum absolute atomic E-state index is 10.1. The Morgan fingerprint density at radius 1 is 1.89 bits per heavy atom. The van der Waals surface area contributed by atoms with Crippen molar-refractivity contribution in [3.63, 3.8) is 0 Å². The molecule has 0 heterocycles. The molecular weight excluding hydrogens is 114 g/mol. The minimum absolute atomic E-state index is 0.00625. The summed E-state index contributed by atoms with van der Waals surface area (Å²) < 4.78 is 0. The van der Waals surface area contributed by atoms with Gasteiger partial charge >= 0.3 is 0 Å². The Bertz CT molecular complexity index is 181. The largest absolute Gasteiger partial charge is 0.321 e. The summed E-state index contributed by atoms with van der Waals surface area (Å²) in [7, 11) is 0. The zero-order chi connectivity index (χ0) is 6.91. The molecule has 1 aliphatic rings. The van der Waals surface area contributed by atoms with Gasteiger partial charge < -0.3 is 10.5 Å². The fraction of sp³-hybridized carbons (Fsp3) is 0.429. The Labute approximate surface area is 54.0 Å². The van der Waals surface area contributed by atoms with Gasteiger partial charge in [0.05, 0.1) is 5.54 Å². The first-order valence-electron chi connectivity index (χ1n) is 2.84. The molecule has 9 heavy (non-hydrogen) atoms. The van der Waals surface area contributed by atoms with E-state index in [-0.39, 0.29) is 5.92 Å². The van der Waals surface area contributed by atoms with Gasteiger partial charge in [0.25, 0.3) is 0 Å². The molecule has 2 unspecified atom stereocenters. The summed E-state index contributed by atoms with van der Waals surface area (Å²) in [5, 5.41) is 0. The van der Waals surface area contributed by atoms with Gasteiger partial charge in [-0.3, -0.25) is 0 Å². The predicted molar refractivity (Wildman–Crippen MR) is 34.8 cm³/mol. The van der Waals surface area contributed by atoms with Gasteiger partial charge in [-0.2, -0.15) is 0 Å². The fourth-order valence-electron chi connectivity index (χ4n) is 0.853. The molecule has 1 rings (SSSR count). The van der Waals surface area contributed by atoms with Crippen molar-refractivity contribution < 1.29 is 4.79 Å². The lowest BCUT2D eigenvalue weighted by Crippen LogP contribution is -2.21. The van der Waals surface area contributed by atoms with Crippen LogP contribution in [0.4, 0.5) is 0 Å². The third-order valence-corrected chi connectivity index (χ3v) is 1.64. The highest BCUT2D eigenvalue weighted by Gasteiger charge is 2.48. The highest BCUT2D eigenvalue weighted by atomic mass is 16.1. The van der Waals surface area contributed by atoms with Gasteiger partial charge in [-0.05, 0) is 12.5 Å². The van der Waals surface area contributed by atoms with Gasteiger partial charge in [0.15, 0.2) is 0 Å². The Hall–Kier alpha value is -0.850. The molecule has 0 aromatic rings. The number of hydrogen-bond acceptors (Lipinski definition) is 2. The van der Waals surface area contributed by atoms with Crippen LogP contribution in [0.5, 0.6) is 0 Å². The van der Waals surface area contributed by atoms with Crippen molar-refractivity contribution in [1.82, 2.24) is 0 Å². The van der Waals surface area contributed by atoms with E-state index in [1.807, 2.05) is 0 Å². The summed E-state index contributed by atoms with van der Waals surface area (Å²) in [6.07, 6.45) is 3.29. The molecule has 0 bridgehead atoms. The number of hydrogen-bond donors (Lipinski definition) is 1. The van der Waals surface area contributed by atoms with Crippen LogP contribution < -0.4 is 5.73 Å². The summed E-state index contributed by atoms with van der Waals surface area (Å²) in [6.45, 7) is 3.38. The zero-order valence-electron chi connectivity index (χ0n) is 5.13. The highest BCUT2D eigenvalue weighted by Crippen LogP contribution is 2.39. The molecular formula is C7H9NO. The topological polar surface area (TPSA) is 43.1 Å². The molecule has 0 aromatic heterocycles. The van der Waals surface area contributed by atoms with Crippen molar-refractivity contribution in [3.05, 3.63) is 18.4 Å². The zero-order valence-corrected chi connectivity index (χ0v) is 5.13. The maximum Gasteiger partial charge on any atom is 0.125 e. The molecule has 1 aliphatic carbocycles. The first kappa shape index (κ1) is 6.27. The van der Waals surface area contributed by atoms with Crippen LogP contribution >= 0.6 is 0 Å². The summed E-state index contributed by atoms with van der Waals surface area (Å²) >= 11 is 0. The molecule has 1 fully saturated rings. The molecule has 0 amide bonds. The molecule has 2 N–H and O–H groups in total. The van der Waals surface area contributed by atoms with E-state index in [9.17, 15) is 4.79 Å². The Balaban J connectivity index is 2.61. The normalized spacial score (nSPS) is 39.0. The fourth-order valence-corrected chi connectivity index (χ4v) is 0.853. The summed E-state index contributed by atoms with van der Waals surface area (Å²) in [5.41, 5.74) is 7.80. The van der Waals surface area contributed by atoms with Crippen LogP contribution in [0.3, 0.4) is 0 Å². The lowest BCUT2D eigenvalue weighted by atomic mass is 10.2. The van der Waals surface area contributed by atoms with Crippen molar-refractivity contribution >= 4 is 6.29 Å². The average molecular weight is 123 g/mol. The van der Waals surface area contributed by atoms with E-state index in [4.69, 9.17) is 5.73 Å². The van der Waals surface area contributed by atoms with Gasteiger partial charge in [0, 0.05) is 5.92 Å². The van der Waals surface area contributed by atoms with Gasteiger partial charge in [-0.15, -0.1) is 5.73 Å². The van der Waals surface area contributed by atoms with E-state index < -0.39 is 5.54 Å². The minimum Gasteiger partial charge on any atom is -0.321 e. The number of rotatable bonds is 2. The van der Waals surface area contributed by atoms with Gasteiger partial charge in [-0.1, -0.05) is 6.58 Å². The van der Waals surface area contributed by atoms with E-state index in [1.54, 1.807) is 6.08 Å². The highest BCUT2D eigenvalue weighted by molar-refractivity contribution is 5.63. The second-order valence-electron chi connectivity index (χ2n) is 2.41. The average Bonchev–Trinajstić information content (AvgIpc) is 2.43. The molecule has 0 saturated heterocycles. The second kappa shape index (κ2) is 1.83. The Morgan fingerprint density at radius 3 is 2.89 bits per heavy atom. The Morgan fingerprint density at radius 2 is 2.56 bits per heavy atom. The summed E-state index contributed by atoms with van der Waals surface area (Å²) in [5.74, 6) is 0.00625. The van der Waals surface area contributed by atoms with Crippen LogP contribution in [-0.4, -0.2) is 11.8 Å². The summed E-state index contributed by atoms with van der Waals surface area (Å²) in [6, 6.07) is 0. The number of aldehydes is 1. The van der Waals surface area contributed by atoms with E-state index >= 15 is 0 Å². The third kappa shape index (κ3) is 0.947. The van der Waals surface area contributed by atoms with E-state index in [1.165, 1.54) is 0 Å². The molecule has 2 nitrogen and oxygen atoms in total. The lowest BCUT2D eigenvalue weighted by molar-refractivity contribution is -0.109. The standard InChI is InChI=1S/C7H9NO/c1-2-3-7(8)4-6(7)5-9/h3,5-6H,1,4,8H2. The van der Waals surface area contributed by atoms with Gasteiger partial charge in [-0.25, -0.2) is 0 Å². The quantitative estimate of drug-likeness (QED) is 0.422. The van der Waals surface area contributed by atoms with Crippen LogP contribution in [0.2, 0.25) is 0 Å². The molecule has 0 spiro atoms. The molecule has 0 aliphatic heterocycles. The smallest absolute Gasteiger partial charge is 0.125 e. The molecule has 1 saturated carbocycles. The Kier molecular flexibility index (Phi) is 1.28. The molecule has 2 atom stereocenters. The van der Waals surface area contributed by atoms with Crippen LogP contribution in [0.1, 0.15) is 6.42 Å². The number of nitrogens with two attached hydrogens (primary N) is 1. The number of carbonyl (C=O) groups is 1. The minimum atomic E-state index is -0.399. The van der Waals surface area contributed by atoms with Crippen molar-refractivity contribution in [1.29, 1.82) is 0 Å². The van der Waals surface area contributed by atoms with Gasteiger partial charge in [0.1, 0.15) is 6.29 Å². The first-order chi connectivity index (χ1) is 4.23. The predicted octanol–water partition coefficient (Wildman–Crippen LogP) is 0.244. The second-order valence-corrected chi connectivity index (χ2v) is 2.41. The maximum atomic E-state index is 10.1. The lowest BCUT2D eigenvalue weighted by Gasteiger charge is -1.95. The molecule has 0 aromatic carbocycles. The van der Waals surface area contributed by atoms with Crippen LogP contribution in [0, 0.1) is 5.92 Å². The van der Waals surface area contributed by atoms with Crippen LogP contribution in [-0.2, 0) is 4.79 Å². The van der Waals surface area contributed by atoms with Crippen molar-refractivity contribution in [3.8, 4) is 0 Å². The molecule has 48 valence electrons. The van der Waals surface area contributed by atoms with E-state index in [2.05, 4.69) is 12.3 Å². The van der Waals surface area contributed by atoms with E-state index in [0.717, 1.165) is 12.7 Å². The molecule has 2 heteroatoms. The molecule has 0 radical (unpaired) electrons. The van der Waals surface area contributed by atoms with Crippen molar-refractivity contribution in [2.24, 2.45) is 11.7 Å². The van der Waals surface area contributed by atoms with Crippen molar-refractivity contribution in [2.75, 3.05) is 0 Å². The van der Waals surface area contributed by atoms with Crippen molar-refractivity contribution in [2.45, 2.75) is 12.0 Å².